The Morgan fingerprint density at radius 3 is 2.51 bits per heavy atom. The molecule has 47 heavy (non-hydrogen) atoms. The molecular weight excluding hydrogens is 635 g/mol. The average Bonchev–Trinajstić information content (AvgIpc) is 3.56. The number of nitrogens with one attached hydrogen (secondary N) is 3. The number of aryl methyl sites for hydroxylation is 1. The van der Waals surface area contributed by atoms with Gasteiger partial charge in [-0.3, -0.25) is 14.6 Å². The maximum atomic E-state index is 13.8. The monoisotopic (exact) mass is 674 g/mol. The molecule has 246 valence electrons. The number of rotatable bonds is 9. The zero-order valence-electron chi connectivity index (χ0n) is 26.9. The Balaban J connectivity index is 1.15. The lowest BCUT2D eigenvalue weighted by atomic mass is 9.87. The van der Waals surface area contributed by atoms with Gasteiger partial charge in [-0.2, -0.15) is 0 Å². The molecule has 3 heterocycles. The maximum absolute atomic E-state index is 13.8. The van der Waals surface area contributed by atoms with Crippen molar-refractivity contribution in [1.82, 2.24) is 30.2 Å². The fraction of sp³-hybridized carbons (Fsp3) is 0.457. The first-order chi connectivity index (χ1) is 22.7. The second kappa shape index (κ2) is 13.0. The molecule has 3 N–H and O–H groups in total. The lowest BCUT2D eigenvalue weighted by Crippen LogP contribution is -2.38. The molecule has 2 amide bonds. The molecule has 3 aliphatic rings. The van der Waals surface area contributed by atoms with Gasteiger partial charge in [0.2, 0.25) is 0 Å². The molecule has 2 aromatic carbocycles. The van der Waals surface area contributed by atoms with Crippen molar-refractivity contribution < 1.29 is 9.59 Å². The normalized spacial score (nSPS) is 21.9. The van der Waals surface area contributed by atoms with Gasteiger partial charge in [0, 0.05) is 51.2 Å². The van der Waals surface area contributed by atoms with Crippen LogP contribution >= 0.6 is 23.2 Å². The van der Waals surface area contributed by atoms with Crippen molar-refractivity contribution in [3.8, 4) is 0 Å². The minimum absolute atomic E-state index is 0.0151. The van der Waals surface area contributed by atoms with Crippen LogP contribution in [0, 0.1) is 17.8 Å². The van der Waals surface area contributed by atoms with Crippen molar-refractivity contribution in [3.63, 3.8) is 0 Å². The first-order valence-corrected chi connectivity index (χ1v) is 17.2. The molecule has 2 atom stereocenters. The summed E-state index contributed by atoms with van der Waals surface area (Å²) in [5.41, 5.74) is 5.05. The Kier molecular flexibility index (Phi) is 8.74. The first kappa shape index (κ1) is 31.7. The zero-order valence-corrected chi connectivity index (χ0v) is 28.5. The summed E-state index contributed by atoms with van der Waals surface area (Å²) in [6.45, 7) is 4.46. The summed E-state index contributed by atoms with van der Waals surface area (Å²) in [6.07, 6.45) is 8.97. The molecule has 1 saturated heterocycles. The summed E-state index contributed by atoms with van der Waals surface area (Å²) in [6, 6.07) is 7.90. The predicted molar refractivity (Wildman–Crippen MR) is 185 cm³/mol. The Bertz CT molecular complexity index is 1840. The van der Waals surface area contributed by atoms with E-state index in [4.69, 9.17) is 28.2 Å². The van der Waals surface area contributed by atoms with E-state index in [9.17, 15) is 9.59 Å². The van der Waals surface area contributed by atoms with Crippen molar-refractivity contribution in [2.45, 2.75) is 58.0 Å². The number of carbonyl (C=O) groups is 2. The molecule has 2 unspecified atom stereocenters. The number of aromatic nitrogens is 4. The van der Waals surface area contributed by atoms with Gasteiger partial charge in [0.15, 0.2) is 0 Å². The van der Waals surface area contributed by atoms with Crippen LogP contribution in [0.2, 0.25) is 10.0 Å². The minimum Gasteiger partial charge on any atom is -0.372 e. The Labute approximate surface area is 284 Å². The minimum atomic E-state index is -0.360. The van der Waals surface area contributed by atoms with E-state index < -0.39 is 0 Å². The molecule has 1 aliphatic heterocycles. The number of carbonyl (C=O) groups excluding carboxylic acids is 2. The summed E-state index contributed by atoms with van der Waals surface area (Å²) in [4.78, 5) is 42.3. The van der Waals surface area contributed by atoms with Crippen LogP contribution in [0.5, 0.6) is 0 Å². The van der Waals surface area contributed by atoms with E-state index in [1.807, 2.05) is 19.2 Å². The van der Waals surface area contributed by atoms with Gasteiger partial charge in [0.1, 0.15) is 17.3 Å². The Morgan fingerprint density at radius 1 is 1.00 bits per heavy atom. The number of amides is 2. The summed E-state index contributed by atoms with van der Waals surface area (Å²) in [7, 11) is 3.71. The van der Waals surface area contributed by atoms with Crippen molar-refractivity contribution in [3.05, 3.63) is 74.9 Å². The third-order valence-electron chi connectivity index (χ3n) is 10.2. The fourth-order valence-electron chi connectivity index (χ4n) is 7.11. The van der Waals surface area contributed by atoms with Crippen LogP contribution in [0.4, 0.5) is 11.5 Å². The highest BCUT2D eigenvalue weighted by Gasteiger charge is 2.46. The highest BCUT2D eigenvalue weighted by molar-refractivity contribution is 6.36. The van der Waals surface area contributed by atoms with Crippen LogP contribution in [-0.2, 0) is 20.0 Å². The van der Waals surface area contributed by atoms with E-state index in [0.29, 0.717) is 27.8 Å². The number of hydrogen-bond acceptors (Lipinski definition) is 7. The van der Waals surface area contributed by atoms with Crippen molar-refractivity contribution in [2.75, 3.05) is 30.4 Å². The lowest BCUT2D eigenvalue weighted by molar-refractivity contribution is 0.0921. The fourth-order valence-corrected chi connectivity index (χ4v) is 7.68. The van der Waals surface area contributed by atoms with Gasteiger partial charge in [-0.1, -0.05) is 36.2 Å². The number of nitrogens with zero attached hydrogens (tertiary/aromatic N) is 5. The molecule has 12 heteroatoms. The topological polar surface area (TPSA) is 117 Å². The quantitative estimate of drug-likeness (QED) is 0.199. The van der Waals surface area contributed by atoms with Crippen LogP contribution < -0.4 is 20.9 Å². The third-order valence-corrected chi connectivity index (χ3v) is 11.0. The first-order valence-electron chi connectivity index (χ1n) is 16.5. The van der Waals surface area contributed by atoms with Crippen LogP contribution in [0.3, 0.4) is 0 Å². The lowest BCUT2D eigenvalue weighted by Gasteiger charge is -2.28. The van der Waals surface area contributed by atoms with Crippen molar-refractivity contribution in [1.29, 1.82) is 0 Å². The number of anilines is 2. The van der Waals surface area contributed by atoms with Crippen LogP contribution in [0.1, 0.15) is 76.8 Å². The summed E-state index contributed by atoms with van der Waals surface area (Å²) < 4.78 is 2.06. The number of imidazole rings is 1. The number of piperidine rings is 1. The van der Waals surface area contributed by atoms with Crippen LogP contribution in [0.15, 0.2) is 36.7 Å². The molecule has 10 nitrogen and oxygen atoms in total. The van der Waals surface area contributed by atoms with Crippen molar-refractivity contribution in [2.24, 2.45) is 24.8 Å². The van der Waals surface area contributed by atoms with E-state index in [0.717, 1.165) is 90.2 Å². The molecule has 0 spiro atoms. The number of hydrogen-bond donors (Lipinski definition) is 3. The number of halogens is 2. The molecule has 0 bridgehead atoms. The maximum Gasteiger partial charge on any atom is 0.271 e. The summed E-state index contributed by atoms with van der Waals surface area (Å²) >= 11 is 13.6. The third kappa shape index (κ3) is 6.50. The van der Waals surface area contributed by atoms with E-state index in [1.54, 1.807) is 19.3 Å². The predicted octanol–water partition coefficient (Wildman–Crippen LogP) is 6.00. The molecule has 2 aliphatic carbocycles. The summed E-state index contributed by atoms with van der Waals surface area (Å²) in [5.74, 6) is 3.09. The van der Waals surface area contributed by atoms with Gasteiger partial charge in [-0.15, -0.1) is 0 Å². The molecule has 4 aromatic rings. The van der Waals surface area contributed by atoms with Crippen LogP contribution in [-0.4, -0.2) is 57.5 Å². The molecule has 7 rings (SSSR count). The largest absolute Gasteiger partial charge is 0.372 e. The average molecular weight is 676 g/mol. The van der Waals surface area contributed by atoms with Gasteiger partial charge in [-0.25, -0.2) is 9.97 Å². The number of fused-ring (bicyclic) bond motifs is 2. The molecule has 3 fully saturated rings. The van der Waals surface area contributed by atoms with E-state index >= 15 is 0 Å². The van der Waals surface area contributed by atoms with Gasteiger partial charge in [0.05, 0.1) is 39.7 Å². The SMILES string of the molecule is CNc1cncc(C(=O)NCc2ccc(Cl)c(Cc3nc4cc(C(=O)NC5CCC(C)CC5)c(N5CC6CC6C5)cc4n3C)c2Cl)n1. The molecule has 0 radical (unpaired) electrons. The standard InChI is InChI=1S/C35H40Cl2N8O2/c1-19-4-7-23(8-5-19)41-34(46)25-11-27-30(13-29(25)45-17-21-10-22(21)18-45)44(3)32(43-27)12-24-26(36)9-6-20(33(24)37)14-40-35(47)28-15-39-16-31(38-2)42-28/h6,9,11,13,15-16,19,21-23H,4-5,7-8,10,12,14,17-18H2,1-3H3,(H,38,42)(H,40,47)(H,41,46). The van der Waals surface area contributed by atoms with Gasteiger partial charge in [0.25, 0.3) is 11.8 Å². The summed E-state index contributed by atoms with van der Waals surface area (Å²) in [5, 5.41) is 10.1. The van der Waals surface area contributed by atoms with E-state index in [1.165, 1.54) is 12.6 Å². The van der Waals surface area contributed by atoms with Crippen molar-refractivity contribution >= 4 is 57.6 Å². The Morgan fingerprint density at radius 2 is 1.77 bits per heavy atom. The molecular formula is C35H40Cl2N8O2. The van der Waals surface area contributed by atoms with E-state index in [2.05, 4.69) is 48.4 Å². The zero-order chi connectivity index (χ0) is 32.8. The molecule has 2 saturated carbocycles. The Hall–Kier alpha value is -3.89. The van der Waals surface area contributed by atoms with Gasteiger partial charge >= 0.3 is 0 Å². The van der Waals surface area contributed by atoms with Gasteiger partial charge < -0.3 is 25.4 Å². The van der Waals surface area contributed by atoms with Crippen LogP contribution in [0.25, 0.3) is 11.0 Å². The molecule has 2 aromatic heterocycles. The number of benzene rings is 2. The van der Waals surface area contributed by atoms with E-state index in [-0.39, 0.29) is 30.1 Å². The van der Waals surface area contributed by atoms with Gasteiger partial charge in [-0.05, 0) is 79.2 Å². The smallest absolute Gasteiger partial charge is 0.271 e. The highest BCUT2D eigenvalue weighted by Crippen LogP contribution is 2.47. The second-order valence-corrected chi connectivity index (χ2v) is 14.2. The highest BCUT2D eigenvalue weighted by atomic mass is 35.5. The second-order valence-electron chi connectivity index (χ2n) is 13.4.